The van der Waals surface area contributed by atoms with Crippen molar-refractivity contribution >= 4 is 0 Å². The van der Waals surface area contributed by atoms with Crippen molar-refractivity contribution in [2.75, 3.05) is 19.8 Å². The van der Waals surface area contributed by atoms with Crippen molar-refractivity contribution in [1.82, 2.24) is 0 Å². The minimum absolute atomic E-state index is 0.180. The predicted molar refractivity (Wildman–Crippen MR) is 64.9 cm³/mol. The molecule has 1 aliphatic rings. The highest BCUT2D eigenvalue weighted by Crippen LogP contribution is 2.26. The Morgan fingerprint density at radius 1 is 1.31 bits per heavy atom. The summed E-state index contributed by atoms with van der Waals surface area (Å²) in [6, 6.07) is 8.38. The molecule has 0 amide bonds. The van der Waals surface area contributed by atoms with Gasteiger partial charge in [-0.05, 0) is 23.1 Å². The second kappa shape index (κ2) is 4.46. The van der Waals surface area contributed by atoms with Crippen LogP contribution in [0.3, 0.4) is 0 Å². The molecule has 2 nitrogen and oxygen atoms in total. The summed E-state index contributed by atoms with van der Waals surface area (Å²) in [7, 11) is 0. The number of hydrogen-bond acceptors (Lipinski definition) is 2. The van der Waals surface area contributed by atoms with Gasteiger partial charge >= 0.3 is 0 Å². The maximum atomic E-state index is 5.77. The Bertz CT molecular complexity index is 348. The van der Waals surface area contributed by atoms with E-state index in [1.54, 1.807) is 0 Å². The Morgan fingerprint density at radius 3 is 2.62 bits per heavy atom. The van der Waals surface area contributed by atoms with Crippen LogP contribution >= 0.6 is 0 Å². The molecule has 0 radical (unpaired) electrons. The van der Waals surface area contributed by atoms with Gasteiger partial charge in [-0.15, -0.1) is 0 Å². The summed E-state index contributed by atoms with van der Waals surface area (Å²) >= 11 is 0. The van der Waals surface area contributed by atoms with Gasteiger partial charge in [-0.2, -0.15) is 0 Å². The molecule has 0 spiro atoms. The third kappa shape index (κ3) is 2.76. The molecule has 2 heteroatoms. The molecule has 0 aliphatic carbocycles. The summed E-state index contributed by atoms with van der Waals surface area (Å²) in [6.45, 7) is 9.11. The van der Waals surface area contributed by atoms with Gasteiger partial charge < -0.3 is 9.47 Å². The first kappa shape index (κ1) is 11.5. The summed E-state index contributed by atoms with van der Waals surface area (Å²) < 4.78 is 10.9. The highest BCUT2D eigenvalue weighted by atomic mass is 16.5. The smallest absolute Gasteiger partial charge is 0.119 e. The third-order valence-corrected chi connectivity index (χ3v) is 2.89. The molecule has 0 atom stereocenters. The van der Waals surface area contributed by atoms with Crippen LogP contribution in [-0.4, -0.2) is 19.8 Å². The average Bonchev–Trinajstić information content (AvgIpc) is 2.14. The van der Waals surface area contributed by atoms with Crippen molar-refractivity contribution in [3.05, 3.63) is 29.8 Å². The van der Waals surface area contributed by atoms with Gasteiger partial charge in [0.15, 0.2) is 0 Å². The first-order chi connectivity index (χ1) is 7.55. The largest absolute Gasteiger partial charge is 0.493 e. The van der Waals surface area contributed by atoms with E-state index >= 15 is 0 Å². The van der Waals surface area contributed by atoms with Gasteiger partial charge in [-0.25, -0.2) is 0 Å². The van der Waals surface area contributed by atoms with E-state index in [0.717, 1.165) is 25.6 Å². The first-order valence-corrected chi connectivity index (χ1v) is 5.87. The lowest BCUT2D eigenvalue weighted by Gasteiger charge is -2.26. The van der Waals surface area contributed by atoms with E-state index in [0.29, 0.717) is 5.92 Å². The van der Waals surface area contributed by atoms with Gasteiger partial charge in [0.25, 0.3) is 0 Å². The van der Waals surface area contributed by atoms with E-state index in [9.17, 15) is 0 Å². The lowest BCUT2D eigenvalue weighted by molar-refractivity contribution is -0.0508. The lowest BCUT2D eigenvalue weighted by Crippen LogP contribution is -2.32. The fraction of sp³-hybridized carbons (Fsp3) is 0.571. The molecule has 1 aliphatic heterocycles. The summed E-state index contributed by atoms with van der Waals surface area (Å²) in [5, 5.41) is 0. The van der Waals surface area contributed by atoms with E-state index in [-0.39, 0.29) is 5.41 Å². The maximum absolute atomic E-state index is 5.77. The van der Waals surface area contributed by atoms with Crippen LogP contribution in [0.1, 0.15) is 26.3 Å². The molecule has 0 bridgehead atoms. The molecule has 1 aromatic carbocycles. The van der Waals surface area contributed by atoms with Gasteiger partial charge in [0.05, 0.1) is 19.8 Å². The summed E-state index contributed by atoms with van der Waals surface area (Å²) in [4.78, 5) is 0. The van der Waals surface area contributed by atoms with E-state index in [1.807, 2.05) is 6.07 Å². The topological polar surface area (TPSA) is 18.5 Å². The van der Waals surface area contributed by atoms with Crippen molar-refractivity contribution in [2.45, 2.75) is 26.2 Å². The van der Waals surface area contributed by atoms with Gasteiger partial charge in [0, 0.05) is 5.92 Å². The fourth-order valence-electron chi connectivity index (χ4n) is 1.65. The molecule has 1 saturated heterocycles. The molecule has 0 saturated carbocycles. The fourth-order valence-corrected chi connectivity index (χ4v) is 1.65. The van der Waals surface area contributed by atoms with Crippen molar-refractivity contribution in [1.29, 1.82) is 0 Å². The monoisotopic (exact) mass is 220 g/mol. The van der Waals surface area contributed by atoms with Gasteiger partial charge in [-0.1, -0.05) is 32.9 Å². The molecular formula is C14H20O2. The van der Waals surface area contributed by atoms with Crippen LogP contribution in [0.4, 0.5) is 0 Å². The van der Waals surface area contributed by atoms with E-state index < -0.39 is 0 Å². The molecule has 0 aromatic heterocycles. The molecule has 88 valence electrons. The van der Waals surface area contributed by atoms with Crippen LogP contribution in [-0.2, 0) is 10.2 Å². The van der Waals surface area contributed by atoms with Crippen molar-refractivity contribution in [2.24, 2.45) is 5.92 Å². The second-order valence-corrected chi connectivity index (χ2v) is 5.49. The number of benzene rings is 1. The highest BCUT2D eigenvalue weighted by Gasteiger charge is 2.19. The van der Waals surface area contributed by atoms with Crippen molar-refractivity contribution < 1.29 is 9.47 Å². The van der Waals surface area contributed by atoms with Crippen LogP contribution in [0, 0.1) is 5.92 Å². The SMILES string of the molecule is CC(C)(C)c1cccc(OCC2COC2)c1. The lowest BCUT2D eigenvalue weighted by atomic mass is 9.87. The number of ether oxygens (including phenoxy) is 2. The third-order valence-electron chi connectivity index (χ3n) is 2.89. The predicted octanol–water partition coefficient (Wildman–Crippen LogP) is 3.01. The van der Waals surface area contributed by atoms with Crippen molar-refractivity contribution in [3.63, 3.8) is 0 Å². The Balaban J connectivity index is 1.98. The molecule has 0 N–H and O–H groups in total. The summed E-state index contributed by atoms with van der Waals surface area (Å²) in [5.41, 5.74) is 1.49. The Kier molecular flexibility index (Phi) is 3.20. The molecule has 0 unspecified atom stereocenters. The molecule has 1 heterocycles. The van der Waals surface area contributed by atoms with E-state index in [4.69, 9.17) is 9.47 Å². The average molecular weight is 220 g/mol. The minimum atomic E-state index is 0.180. The zero-order valence-corrected chi connectivity index (χ0v) is 10.3. The standard InChI is InChI=1S/C14H20O2/c1-14(2,3)12-5-4-6-13(7-12)16-10-11-8-15-9-11/h4-7,11H,8-10H2,1-3H3. The molecular weight excluding hydrogens is 200 g/mol. The number of hydrogen-bond donors (Lipinski definition) is 0. The molecule has 2 rings (SSSR count). The summed E-state index contributed by atoms with van der Waals surface area (Å²) in [5.74, 6) is 1.55. The zero-order valence-electron chi connectivity index (χ0n) is 10.3. The first-order valence-electron chi connectivity index (χ1n) is 5.87. The quantitative estimate of drug-likeness (QED) is 0.779. The van der Waals surface area contributed by atoms with Crippen LogP contribution < -0.4 is 4.74 Å². The normalized spacial score (nSPS) is 16.9. The van der Waals surface area contributed by atoms with Gasteiger partial charge in [0.2, 0.25) is 0 Å². The molecule has 1 aromatic rings. The zero-order chi connectivity index (χ0) is 11.6. The maximum Gasteiger partial charge on any atom is 0.119 e. The molecule has 16 heavy (non-hydrogen) atoms. The van der Waals surface area contributed by atoms with Crippen LogP contribution in [0.5, 0.6) is 5.75 Å². The van der Waals surface area contributed by atoms with E-state index in [2.05, 4.69) is 39.0 Å². The second-order valence-electron chi connectivity index (χ2n) is 5.49. The van der Waals surface area contributed by atoms with Gasteiger partial charge in [-0.3, -0.25) is 0 Å². The molecule has 1 fully saturated rings. The minimum Gasteiger partial charge on any atom is -0.493 e. The van der Waals surface area contributed by atoms with Crippen LogP contribution in [0.15, 0.2) is 24.3 Å². The highest BCUT2D eigenvalue weighted by molar-refractivity contribution is 5.32. The Morgan fingerprint density at radius 2 is 2.06 bits per heavy atom. The van der Waals surface area contributed by atoms with Crippen LogP contribution in [0.25, 0.3) is 0 Å². The van der Waals surface area contributed by atoms with Crippen LogP contribution in [0.2, 0.25) is 0 Å². The van der Waals surface area contributed by atoms with Gasteiger partial charge in [0.1, 0.15) is 5.75 Å². The number of rotatable bonds is 3. The van der Waals surface area contributed by atoms with E-state index in [1.165, 1.54) is 5.56 Å². The van der Waals surface area contributed by atoms with Crippen molar-refractivity contribution in [3.8, 4) is 5.75 Å². The Hall–Kier alpha value is -1.02. The Labute approximate surface area is 97.6 Å². The summed E-state index contributed by atoms with van der Waals surface area (Å²) in [6.07, 6.45) is 0.